The van der Waals surface area contributed by atoms with Crippen molar-refractivity contribution in [1.82, 2.24) is 4.98 Å². The van der Waals surface area contributed by atoms with Crippen molar-refractivity contribution in [2.75, 3.05) is 6.61 Å². The molecule has 1 aromatic heterocycles. The number of benzene rings is 2. The smallest absolute Gasteiger partial charge is 0.351 e. The van der Waals surface area contributed by atoms with Gasteiger partial charge >= 0.3 is 5.97 Å². The van der Waals surface area contributed by atoms with Gasteiger partial charge in [-0.15, -0.1) is 11.3 Å². The summed E-state index contributed by atoms with van der Waals surface area (Å²) in [6.45, 7) is 0.802. The molecule has 0 saturated heterocycles. The first kappa shape index (κ1) is 20.1. The molecule has 0 fully saturated rings. The van der Waals surface area contributed by atoms with Crippen LogP contribution < -0.4 is 0 Å². The summed E-state index contributed by atoms with van der Waals surface area (Å²) >= 11 is 1.18. The molecule has 6 nitrogen and oxygen atoms in total. The fourth-order valence-corrected chi connectivity index (χ4v) is 3.64. The second-order valence-electron chi connectivity index (χ2n) is 6.22. The van der Waals surface area contributed by atoms with E-state index in [0.29, 0.717) is 10.7 Å². The molecule has 0 aliphatic rings. The molecule has 0 spiro atoms. The maximum absolute atomic E-state index is 12.7. The van der Waals surface area contributed by atoms with Gasteiger partial charge in [0.2, 0.25) is 0 Å². The largest absolute Gasteiger partial charge is 0.453 e. The van der Waals surface area contributed by atoms with Crippen LogP contribution in [-0.2, 0) is 9.53 Å². The number of rotatable bonds is 7. The Morgan fingerprint density at radius 1 is 1.10 bits per heavy atom. The minimum atomic E-state index is -1.21. The van der Waals surface area contributed by atoms with Crippen molar-refractivity contribution in [3.63, 3.8) is 0 Å². The van der Waals surface area contributed by atoms with Crippen molar-refractivity contribution in [2.24, 2.45) is 5.92 Å². The summed E-state index contributed by atoms with van der Waals surface area (Å²) in [6.07, 6.45) is 0. The van der Waals surface area contributed by atoms with Crippen LogP contribution in [0.25, 0.3) is 21.8 Å². The van der Waals surface area contributed by atoms with Crippen molar-refractivity contribution in [1.29, 1.82) is 10.7 Å². The average molecular weight is 403 g/mol. The maximum Gasteiger partial charge on any atom is 0.351 e. The Labute approximate surface area is 171 Å². The van der Waals surface area contributed by atoms with E-state index >= 15 is 0 Å². The van der Waals surface area contributed by atoms with E-state index in [4.69, 9.17) is 15.4 Å². The van der Waals surface area contributed by atoms with Gasteiger partial charge in [0.15, 0.2) is 12.4 Å². The fraction of sp³-hybridized carbons (Fsp3) is 0.136. The number of carbonyl (C=O) groups is 2. The third-order valence-corrected chi connectivity index (χ3v) is 5.19. The van der Waals surface area contributed by atoms with E-state index in [2.05, 4.69) is 4.98 Å². The minimum Gasteiger partial charge on any atom is -0.453 e. The number of carbonyl (C=O) groups excluding carboxylic acids is 2. The summed E-state index contributed by atoms with van der Waals surface area (Å²) in [6, 6.07) is 20.5. The van der Waals surface area contributed by atoms with Gasteiger partial charge in [0.25, 0.3) is 0 Å². The molecule has 0 aliphatic carbocycles. The molecule has 0 amide bonds. The number of hydrogen-bond donors (Lipinski definition) is 1. The summed E-state index contributed by atoms with van der Waals surface area (Å²) < 4.78 is 5.17. The monoisotopic (exact) mass is 403 g/mol. The zero-order chi connectivity index (χ0) is 20.8. The third kappa shape index (κ3) is 4.62. The van der Waals surface area contributed by atoms with Crippen LogP contribution in [0.4, 0.5) is 0 Å². The van der Waals surface area contributed by atoms with Gasteiger partial charge < -0.3 is 10.1 Å². The molecule has 3 rings (SSSR count). The molecule has 0 saturated carbocycles. The van der Waals surface area contributed by atoms with Gasteiger partial charge in [0, 0.05) is 16.8 Å². The zero-order valence-corrected chi connectivity index (χ0v) is 16.4. The maximum atomic E-state index is 12.7. The van der Waals surface area contributed by atoms with Gasteiger partial charge in [0.05, 0.1) is 11.8 Å². The summed E-state index contributed by atoms with van der Waals surface area (Å²) in [5, 5.41) is 17.2. The van der Waals surface area contributed by atoms with Crippen LogP contribution >= 0.6 is 11.3 Å². The highest BCUT2D eigenvalue weighted by Gasteiger charge is 2.25. The lowest BCUT2D eigenvalue weighted by Gasteiger charge is -2.07. The number of nitrogens with one attached hydrogen (secondary N) is 1. The van der Waals surface area contributed by atoms with Gasteiger partial charge in [0.1, 0.15) is 15.8 Å². The number of nitrogens with zero attached hydrogens (tertiary/aromatic N) is 2. The third-order valence-electron chi connectivity index (χ3n) is 4.11. The van der Waals surface area contributed by atoms with Crippen LogP contribution in [0, 0.1) is 22.7 Å². The van der Waals surface area contributed by atoms with Crippen molar-refractivity contribution in [2.45, 2.75) is 6.92 Å². The van der Waals surface area contributed by atoms with Gasteiger partial charge in [-0.25, -0.2) is 9.78 Å². The Bertz CT molecular complexity index is 1090. The highest BCUT2D eigenvalue weighted by molar-refractivity contribution is 7.17. The van der Waals surface area contributed by atoms with Gasteiger partial charge in [-0.2, -0.15) is 5.26 Å². The minimum absolute atomic E-state index is 0.0809. The van der Waals surface area contributed by atoms with Crippen LogP contribution in [0.5, 0.6) is 0 Å². The van der Waals surface area contributed by atoms with E-state index < -0.39 is 24.3 Å². The van der Waals surface area contributed by atoms with Crippen LogP contribution in [0.15, 0.2) is 60.7 Å². The standard InChI is InChI=1S/C22H17N3O3S/c1-14(24)17(12-23)18(26)13-28-22(27)20-19(15-8-4-2-5-9-15)25-21(29-20)16-10-6-3-7-11-16/h2-11,17,24H,13H2,1H3. The molecule has 144 valence electrons. The Hall–Kier alpha value is -3.63. The molecule has 1 atom stereocenters. The van der Waals surface area contributed by atoms with Crippen molar-refractivity contribution in [3.8, 4) is 27.9 Å². The second kappa shape index (κ2) is 9.04. The van der Waals surface area contributed by atoms with Crippen molar-refractivity contribution < 1.29 is 14.3 Å². The highest BCUT2D eigenvalue weighted by atomic mass is 32.1. The Morgan fingerprint density at radius 3 is 2.24 bits per heavy atom. The quantitative estimate of drug-likeness (QED) is 0.466. The summed E-state index contributed by atoms with van der Waals surface area (Å²) in [5.74, 6) is -2.52. The lowest BCUT2D eigenvalue weighted by Crippen LogP contribution is -2.25. The normalized spacial score (nSPS) is 11.3. The van der Waals surface area contributed by atoms with E-state index in [-0.39, 0.29) is 10.6 Å². The molecule has 0 radical (unpaired) electrons. The fourth-order valence-electron chi connectivity index (χ4n) is 2.65. The number of esters is 1. The number of ketones is 1. The van der Waals surface area contributed by atoms with Gasteiger partial charge in [-0.3, -0.25) is 4.79 Å². The van der Waals surface area contributed by atoms with E-state index in [1.165, 1.54) is 18.3 Å². The molecular weight excluding hydrogens is 386 g/mol. The molecule has 0 aliphatic heterocycles. The van der Waals surface area contributed by atoms with Crippen LogP contribution in [0.1, 0.15) is 16.6 Å². The van der Waals surface area contributed by atoms with Crippen molar-refractivity contribution in [3.05, 3.63) is 65.5 Å². The Morgan fingerprint density at radius 2 is 1.69 bits per heavy atom. The molecule has 1 heterocycles. The Balaban J connectivity index is 1.90. The SMILES string of the molecule is CC(=N)C(C#N)C(=O)COC(=O)c1sc(-c2ccccc2)nc1-c1ccccc1. The van der Waals surface area contributed by atoms with E-state index in [9.17, 15) is 9.59 Å². The van der Waals surface area contributed by atoms with E-state index in [1.807, 2.05) is 60.7 Å². The number of aromatic nitrogens is 1. The van der Waals surface area contributed by atoms with Gasteiger partial charge in [-0.1, -0.05) is 60.7 Å². The highest BCUT2D eigenvalue weighted by Crippen LogP contribution is 2.34. The molecule has 29 heavy (non-hydrogen) atoms. The summed E-state index contributed by atoms with van der Waals surface area (Å²) in [5.41, 5.74) is 2.03. The predicted molar refractivity (Wildman–Crippen MR) is 111 cm³/mol. The molecule has 2 aromatic carbocycles. The lowest BCUT2D eigenvalue weighted by atomic mass is 10.0. The summed E-state index contributed by atoms with van der Waals surface area (Å²) in [4.78, 5) is 29.7. The molecule has 3 aromatic rings. The van der Waals surface area contributed by atoms with E-state index in [1.54, 1.807) is 6.07 Å². The average Bonchev–Trinajstić information content (AvgIpc) is 3.19. The zero-order valence-electron chi connectivity index (χ0n) is 15.6. The molecule has 7 heteroatoms. The number of hydrogen-bond acceptors (Lipinski definition) is 7. The number of ether oxygens (including phenoxy) is 1. The Kier molecular flexibility index (Phi) is 6.27. The molecule has 1 N–H and O–H groups in total. The van der Waals surface area contributed by atoms with Crippen LogP contribution in [0.2, 0.25) is 0 Å². The number of thiazole rings is 1. The predicted octanol–water partition coefficient (Wildman–Crippen LogP) is 4.38. The topological polar surface area (TPSA) is 104 Å². The van der Waals surface area contributed by atoms with Crippen LogP contribution in [-0.4, -0.2) is 29.1 Å². The van der Waals surface area contributed by atoms with Gasteiger partial charge in [-0.05, 0) is 6.92 Å². The number of Topliss-reactive ketones (excluding diaryl/α,β-unsaturated/α-hetero) is 1. The van der Waals surface area contributed by atoms with Crippen LogP contribution in [0.3, 0.4) is 0 Å². The molecule has 1 unspecified atom stereocenters. The van der Waals surface area contributed by atoms with E-state index in [0.717, 1.165) is 11.1 Å². The first-order chi connectivity index (χ1) is 14.0. The second-order valence-corrected chi connectivity index (χ2v) is 7.22. The lowest BCUT2D eigenvalue weighted by molar-refractivity contribution is -0.122. The summed E-state index contributed by atoms with van der Waals surface area (Å²) in [7, 11) is 0. The number of nitriles is 1. The molecular formula is C22H17N3O3S. The molecule has 0 bridgehead atoms. The first-order valence-electron chi connectivity index (χ1n) is 8.77. The first-order valence-corrected chi connectivity index (χ1v) is 9.59. The van der Waals surface area contributed by atoms with Crippen molar-refractivity contribution >= 4 is 28.8 Å².